The van der Waals surface area contributed by atoms with E-state index in [-0.39, 0.29) is 24.1 Å². The highest BCUT2D eigenvalue weighted by atomic mass is 16.3. The second-order valence-electron chi connectivity index (χ2n) is 8.34. The zero-order chi connectivity index (χ0) is 19.7. The van der Waals surface area contributed by atoms with Crippen molar-refractivity contribution in [2.24, 2.45) is 0 Å². The van der Waals surface area contributed by atoms with E-state index in [0.717, 1.165) is 47.9 Å². The fourth-order valence-corrected chi connectivity index (χ4v) is 5.58. The number of amides is 1. The molecule has 0 saturated carbocycles. The summed E-state index contributed by atoms with van der Waals surface area (Å²) in [6, 6.07) is 16.8. The summed E-state index contributed by atoms with van der Waals surface area (Å²) < 4.78 is 0. The number of aliphatic hydroxyl groups is 1. The third-order valence-electron chi connectivity index (χ3n) is 6.83. The first-order valence-electron chi connectivity index (χ1n) is 10.4. The molecule has 2 saturated heterocycles. The van der Waals surface area contributed by atoms with Gasteiger partial charge in [0, 0.05) is 23.7 Å². The lowest BCUT2D eigenvalue weighted by molar-refractivity contribution is 0.0709. The summed E-state index contributed by atoms with van der Waals surface area (Å²) in [5.41, 5.74) is 3.82. The number of hydrogen-bond acceptors (Lipinski definition) is 3. The van der Waals surface area contributed by atoms with Gasteiger partial charge in [-0.25, -0.2) is 0 Å². The van der Waals surface area contributed by atoms with Gasteiger partial charge in [-0.2, -0.15) is 0 Å². The van der Waals surface area contributed by atoms with E-state index in [9.17, 15) is 9.90 Å². The van der Waals surface area contributed by atoms with Crippen LogP contribution >= 0.6 is 0 Å². The maximum atomic E-state index is 13.4. The number of β-amino-alcohol motifs (C(OH)–C–C–N with tert-alkyl or cyclic N) is 1. The number of rotatable bonds is 6. The minimum Gasteiger partial charge on any atom is -0.395 e. The molecule has 2 fully saturated rings. The van der Waals surface area contributed by atoms with Crippen LogP contribution < -0.4 is 5.32 Å². The van der Waals surface area contributed by atoms with Crippen LogP contribution in [0, 0.1) is 13.8 Å². The van der Waals surface area contributed by atoms with Gasteiger partial charge in [-0.15, -0.1) is 0 Å². The van der Waals surface area contributed by atoms with Gasteiger partial charge in [0.15, 0.2) is 0 Å². The molecule has 4 heteroatoms. The lowest BCUT2D eigenvalue weighted by Crippen LogP contribution is -2.53. The molecule has 1 atom stereocenters. The molecule has 4 rings (SSSR count). The molecule has 2 aliphatic heterocycles. The van der Waals surface area contributed by atoms with E-state index < -0.39 is 0 Å². The largest absolute Gasteiger partial charge is 0.395 e. The maximum absolute atomic E-state index is 13.4. The maximum Gasteiger partial charge on any atom is 0.252 e. The smallest absolute Gasteiger partial charge is 0.252 e. The van der Waals surface area contributed by atoms with Crippen LogP contribution in [0.4, 0.5) is 0 Å². The molecular weight excluding hydrogens is 348 g/mol. The standard InChI is InChI=1S/C24H30N2O2/c1-17-7-6-8-18(2)21(17)23(28)25-22(19-9-4-3-5-10-19)24-13-11-20(12-14-24)26(24)15-16-27/h3-10,20,22,27H,11-16H2,1-2H3,(H,25,28)/t20?,22-,24?/m1/s1. The second kappa shape index (κ2) is 7.69. The van der Waals surface area contributed by atoms with Crippen molar-refractivity contribution in [2.75, 3.05) is 13.2 Å². The normalized spacial score (nSPS) is 25.0. The highest BCUT2D eigenvalue weighted by molar-refractivity contribution is 5.97. The van der Waals surface area contributed by atoms with E-state index in [1.54, 1.807) is 0 Å². The van der Waals surface area contributed by atoms with Crippen LogP contribution in [0.5, 0.6) is 0 Å². The number of aryl methyl sites for hydroxylation is 2. The van der Waals surface area contributed by atoms with Crippen molar-refractivity contribution in [2.45, 2.75) is 57.2 Å². The molecule has 0 radical (unpaired) electrons. The average molecular weight is 379 g/mol. The third kappa shape index (κ3) is 3.15. The number of aliphatic hydroxyl groups excluding tert-OH is 1. The van der Waals surface area contributed by atoms with Gasteiger partial charge >= 0.3 is 0 Å². The first kappa shape index (κ1) is 19.2. The van der Waals surface area contributed by atoms with Crippen LogP contribution in [-0.2, 0) is 0 Å². The number of carbonyl (C=O) groups excluding carboxylic acids is 1. The van der Waals surface area contributed by atoms with Gasteiger partial charge in [0.2, 0.25) is 0 Å². The zero-order valence-electron chi connectivity index (χ0n) is 16.8. The monoisotopic (exact) mass is 378 g/mol. The number of nitrogens with one attached hydrogen (secondary N) is 1. The first-order valence-corrected chi connectivity index (χ1v) is 10.4. The summed E-state index contributed by atoms with van der Waals surface area (Å²) in [4.78, 5) is 15.9. The van der Waals surface area contributed by atoms with Gasteiger partial charge < -0.3 is 10.4 Å². The van der Waals surface area contributed by atoms with Gasteiger partial charge in [-0.3, -0.25) is 9.69 Å². The Balaban J connectivity index is 1.72. The Kier molecular flexibility index (Phi) is 5.26. The average Bonchev–Trinajstić information content (AvgIpc) is 3.22. The van der Waals surface area contributed by atoms with E-state index in [2.05, 4.69) is 22.3 Å². The number of nitrogens with zero attached hydrogens (tertiary/aromatic N) is 1. The quantitative estimate of drug-likeness (QED) is 0.805. The first-order chi connectivity index (χ1) is 13.6. The molecule has 2 aromatic carbocycles. The van der Waals surface area contributed by atoms with Crippen LogP contribution in [0.2, 0.25) is 0 Å². The van der Waals surface area contributed by atoms with Crippen molar-refractivity contribution in [3.05, 3.63) is 70.8 Å². The highest BCUT2D eigenvalue weighted by Crippen LogP contribution is 2.52. The molecule has 0 aliphatic carbocycles. The molecule has 0 aromatic heterocycles. The number of carbonyl (C=O) groups is 1. The molecule has 2 heterocycles. The molecule has 2 aromatic rings. The summed E-state index contributed by atoms with van der Waals surface area (Å²) >= 11 is 0. The van der Waals surface area contributed by atoms with Crippen LogP contribution in [0.15, 0.2) is 48.5 Å². The van der Waals surface area contributed by atoms with E-state index >= 15 is 0 Å². The number of hydrogen-bond donors (Lipinski definition) is 2. The molecule has 2 bridgehead atoms. The van der Waals surface area contributed by atoms with Crippen LogP contribution in [0.3, 0.4) is 0 Å². The van der Waals surface area contributed by atoms with Crippen LogP contribution in [0.25, 0.3) is 0 Å². The van der Waals surface area contributed by atoms with Gasteiger partial charge in [0.05, 0.1) is 12.6 Å². The molecule has 2 N–H and O–H groups in total. The van der Waals surface area contributed by atoms with Gasteiger partial charge in [0.25, 0.3) is 5.91 Å². The van der Waals surface area contributed by atoms with Crippen LogP contribution in [0.1, 0.15) is 58.8 Å². The second-order valence-corrected chi connectivity index (χ2v) is 8.34. The SMILES string of the molecule is Cc1cccc(C)c1C(=O)N[C@H](c1ccccc1)C12CCC(CC1)N2CCO. The molecule has 4 nitrogen and oxygen atoms in total. The van der Waals surface area contributed by atoms with E-state index in [0.29, 0.717) is 12.6 Å². The zero-order valence-corrected chi connectivity index (χ0v) is 16.8. The third-order valence-corrected chi connectivity index (χ3v) is 6.83. The molecule has 1 amide bonds. The van der Waals surface area contributed by atoms with E-state index in [1.165, 1.54) is 0 Å². The van der Waals surface area contributed by atoms with E-state index in [4.69, 9.17) is 0 Å². The van der Waals surface area contributed by atoms with E-state index in [1.807, 2.05) is 50.2 Å². The molecule has 28 heavy (non-hydrogen) atoms. The summed E-state index contributed by atoms with van der Waals surface area (Å²) in [7, 11) is 0. The van der Waals surface area contributed by atoms with Crippen molar-refractivity contribution in [1.82, 2.24) is 10.2 Å². The Morgan fingerprint density at radius 1 is 1.11 bits per heavy atom. The number of fused-ring (bicyclic) bond motifs is 2. The summed E-state index contributed by atoms with van der Waals surface area (Å²) in [5, 5.41) is 13.1. The number of benzene rings is 2. The molecule has 148 valence electrons. The molecule has 0 unspecified atom stereocenters. The Morgan fingerprint density at radius 2 is 1.75 bits per heavy atom. The van der Waals surface area contributed by atoms with Gasteiger partial charge in [-0.1, -0.05) is 48.5 Å². The Bertz CT molecular complexity index is 821. The van der Waals surface area contributed by atoms with Crippen molar-refractivity contribution in [1.29, 1.82) is 0 Å². The fourth-order valence-electron chi connectivity index (χ4n) is 5.58. The Morgan fingerprint density at radius 3 is 2.36 bits per heavy atom. The van der Waals surface area contributed by atoms with Gasteiger partial charge in [-0.05, 0) is 56.2 Å². The van der Waals surface area contributed by atoms with Gasteiger partial charge in [0.1, 0.15) is 0 Å². The van der Waals surface area contributed by atoms with Crippen molar-refractivity contribution in [3.8, 4) is 0 Å². The topological polar surface area (TPSA) is 52.6 Å². The molecule has 0 spiro atoms. The highest BCUT2D eigenvalue weighted by Gasteiger charge is 2.56. The molecule has 2 aliphatic rings. The summed E-state index contributed by atoms with van der Waals surface area (Å²) in [6.45, 7) is 4.83. The predicted molar refractivity (Wildman–Crippen MR) is 111 cm³/mol. The predicted octanol–water partition coefficient (Wildman–Crippen LogP) is 3.76. The summed E-state index contributed by atoms with van der Waals surface area (Å²) in [6.07, 6.45) is 4.40. The van der Waals surface area contributed by atoms with Crippen molar-refractivity contribution < 1.29 is 9.90 Å². The molecular formula is C24H30N2O2. The minimum atomic E-state index is -0.110. The fraction of sp³-hybridized carbons (Fsp3) is 0.458. The lowest BCUT2D eigenvalue weighted by atomic mass is 9.78. The van der Waals surface area contributed by atoms with Crippen molar-refractivity contribution in [3.63, 3.8) is 0 Å². The Hall–Kier alpha value is -2.17. The lowest BCUT2D eigenvalue weighted by Gasteiger charge is -2.42. The van der Waals surface area contributed by atoms with Crippen LogP contribution in [-0.4, -0.2) is 40.6 Å². The minimum absolute atomic E-state index is 0.00173. The van der Waals surface area contributed by atoms with Crippen molar-refractivity contribution >= 4 is 5.91 Å². The Labute approximate surface area is 167 Å². The summed E-state index contributed by atoms with van der Waals surface area (Å²) in [5.74, 6) is -0.00173.